The van der Waals surface area contributed by atoms with Crippen molar-refractivity contribution in [2.24, 2.45) is 5.92 Å². The van der Waals surface area contributed by atoms with Crippen molar-refractivity contribution in [3.8, 4) is 11.1 Å². The fourth-order valence-electron chi connectivity index (χ4n) is 3.16. The van der Waals surface area contributed by atoms with Crippen molar-refractivity contribution in [1.82, 2.24) is 9.97 Å². The molecule has 0 aliphatic heterocycles. The van der Waals surface area contributed by atoms with E-state index in [0.29, 0.717) is 5.69 Å². The zero-order chi connectivity index (χ0) is 18.7. The highest BCUT2D eigenvalue weighted by Gasteiger charge is 2.36. The van der Waals surface area contributed by atoms with E-state index in [1.54, 1.807) is 12.5 Å². The Hall–Kier alpha value is -2.92. The van der Waals surface area contributed by atoms with Crippen LogP contribution in [0.1, 0.15) is 32.0 Å². The Labute approximate surface area is 153 Å². The van der Waals surface area contributed by atoms with Gasteiger partial charge >= 0.3 is 0 Å². The van der Waals surface area contributed by atoms with Crippen molar-refractivity contribution in [3.05, 3.63) is 72.3 Å². The maximum Gasteiger partial charge on any atom is 0.221 e. The molecule has 0 aliphatic rings. The standard InChI is InChI=1S/C21H23N3O2/c1-14(2)21(26,20-12-22-13-23-20)18-9-7-16(8-10-18)17-5-4-6-19(11-17)24-15(3)25/h4-14,26H,1-3H3,(H,22,23)(H,24,25)/t21-/m0/s1. The lowest BCUT2D eigenvalue weighted by molar-refractivity contribution is -0.114. The van der Waals surface area contributed by atoms with Gasteiger partial charge < -0.3 is 15.4 Å². The quantitative estimate of drug-likeness (QED) is 0.653. The summed E-state index contributed by atoms with van der Waals surface area (Å²) in [7, 11) is 0. The lowest BCUT2D eigenvalue weighted by atomic mass is 9.80. The van der Waals surface area contributed by atoms with Gasteiger partial charge in [0, 0.05) is 12.6 Å². The highest BCUT2D eigenvalue weighted by Crippen LogP contribution is 2.36. The number of amides is 1. The van der Waals surface area contributed by atoms with Crippen LogP contribution in [0.2, 0.25) is 0 Å². The minimum atomic E-state index is -1.13. The summed E-state index contributed by atoms with van der Waals surface area (Å²) in [5.74, 6) is -0.129. The molecule has 26 heavy (non-hydrogen) atoms. The minimum Gasteiger partial charge on any atom is -0.379 e. The first-order valence-electron chi connectivity index (χ1n) is 8.61. The largest absolute Gasteiger partial charge is 0.379 e. The summed E-state index contributed by atoms with van der Waals surface area (Å²) in [6.07, 6.45) is 3.23. The third-order valence-corrected chi connectivity index (χ3v) is 4.59. The van der Waals surface area contributed by atoms with Crippen LogP contribution in [0, 0.1) is 5.92 Å². The van der Waals surface area contributed by atoms with E-state index >= 15 is 0 Å². The normalized spacial score (nSPS) is 13.4. The molecule has 0 radical (unpaired) electrons. The number of carbonyl (C=O) groups excluding carboxylic acids is 1. The summed E-state index contributed by atoms with van der Waals surface area (Å²) in [5, 5.41) is 14.1. The molecular weight excluding hydrogens is 326 g/mol. The number of aliphatic hydroxyl groups is 1. The van der Waals surface area contributed by atoms with Crippen molar-refractivity contribution in [2.75, 3.05) is 5.32 Å². The predicted molar refractivity (Wildman–Crippen MR) is 103 cm³/mol. The SMILES string of the molecule is CC(=O)Nc1cccc(-c2ccc([C@](O)(c3cnc[nH]3)C(C)C)cc2)c1. The molecule has 0 fully saturated rings. The van der Waals surface area contributed by atoms with E-state index in [4.69, 9.17) is 0 Å². The second-order valence-electron chi connectivity index (χ2n) is 6.73. The molecule has 0 bridgehead atoms. The lowest BCUT2D eigenvalue weighted by Crippen LogP contribution is -2.33. The van der Waals surface area contributed by atoms with Crippen molar-refractivity contribution in [3.63, 3.8) is 0 Å². The predicted octanol–water partition coefficient (Wildman–Crippen LogP) is 3.93. The molecule has 134 valence electrons. The van der Waals surface area contributed by atoms with Crippen molar-refractivity contribution >= 4 is 11.6 Å². The second kappa shape index (κ2) is 7.14. The van der Waals surface area contributed by atoms with Gasteiger partial charge in [-0.2, -0.15) is 0 Å². The average Bonchev–Trinajstić information content (AvgIpc) is 3.16. The molecular formula is C21H23N3O2. The van der Waals surface area contributed by atoms with E-state index in [1.807, 2.05) is 62.4 Å². The molecule has 3 N–H and O–H groups in total. The summed E-state index contributed by atoms with van der Waals surface area (Å²) in [6.45, 7) is 5.45. The van der Waals surface area contributed by atoms with Gasteiger partial charge in [-0.05, 0) is 34.7 Å². The first-order chi connectivity index (χ1) is 12.4. The van der Waals surface area contributed by atoms with Crippen molar-refractivity contribution in [1.29, 1.82) is 0 Å². The fraction of sp³-hybridized carbons (Fsp3) is 0.238. The number of aromatic nitrogens is 2. The number of aromatic amines is 1. The Kier molecular flexibility index (Phi) is 4.91. The maximum atomic E-state index is 11.3. The van der Waals surface area contributed by atoms with Gasteiger partial charge in [-0.1, -0.05) is 50.2 Å². The highest BCUT2D eigenvalue weighted by molar-refractivity contribution is 5.89. The van der Waals surface area contributed by atoms with Gasteiger partial charge in [0.15, 0.2) is 0 Å². The molecule has 1 amide bonds. The lowest BCUT2D eigenvalue weighted by Gasteiger charge is -2.31. The smallest absolute Gasteiger partial charge is 0.221 e. The van der Waals surface area contributed by atoms with E-state index in [9.17, 15) is 9.90 Å². The molecule has 0 saturated carbocycles. The Balaban J connectivity index is 1.94. The van der Waals surface area contributed by atoms with Crippen molar-refractivity contribution in [2.45, 2.75) is 26.4 Å². The maximum absolute atomic E-state index is 11.3. The van der Waals surface area contributed by atoms with Crippen LogP contribution in [-0.4, -0.2) is 21.0 Å². The van der Waals surface area contributed by atoms with Gasteiger partial charge in [-0.25, -0.2) is 4.98 Å². The molecule has 3 rings (SSSR count). The Bertz CT molecular complexity index is 886. The van der Waals surface area contributed by atoms with Crippen LogP contribution < -0.4 is 5.32 Å². The molecule has 2 aromatic carbocycles. The van der Waals surface area contributed by atoms with Gasteiger partial charge in [0.05, 0.1) is 18.2 Å². The number of carbonyl (C=O) groups is 1. The monoisotopic (exact) mass is 349 g/mol. The van der Waals surface area contributed by atoms with Gasteiger partial charge in [0.25, 0.3) is 0 Å². The minimum absolute atomic E-state index is 0.0307. The topological polar surface area (TPSA) is 78.0 Å². The van der Waals surface area contributed by atoms with Gasteiger partial charge in [0.2, 0.25) is 5.91 Å². The van der Waals surface area contributed by atoms with E-state index in [-0.39, 0.29) is 11.8 Å². The van der Waals surface area contributed by atoms with E-state index < -0.39 is 5.60 Å². The number of hydrogen-bond donors (Lipinski definition) is 3. The summed E-state index contributed by atoms with van der Waals surface area (Å²) in [5.41, 5.74) is 3.11. The second-order valence-corrected chi connectivity index (χ2v) is 6.73. The van der Waals surface area contributed by atoms with Gasteiger partial charge in [0.1, 0.15) is 5.60 Å². The Morgan fingerprint density at radius 1 is 1.15 bits per heavy atom. The van der Waals surface area contributed by atoms with Crippen LogP contribution in [0.25, 0.3) is 11.1 Å². The first kappa shape index (κ1) is 17.9. The van der Waals surface area contributed by atoms with Crippen LogP contribution >= 0.6 is 0 Å². The molecule has 1 heterocycles. The molecule has 1 atom stereocenters. The molecule has 0 spiro atoms. The number of benzene rings is 2. The summed E-state index contributed by atoms with van der Waals surface area (Å²) in [6, 6.07) is 15.5. The number of imidazole rings is 1. The molecule has 1 aromatic heterocycles. The van der Waals surface area contributed by atoms with E-state index in [2.05, 4.69) is 15.3 Å². The molecule has 0 unspecified atom stereocenters. The Morgan fingerprint density at radius 2 is 1.88 bits per heavy atom. The number of H-pyrrole nitrogens is 1. The molecule has 3 aromatic rings. The van der Waals surface area contributed by atoms with Crippen LogP contribution in [0.15, 0.2) is 61.1 Å². The molecule has 5 heteroatoms. The zero-order valence-electron chi connectivity index (χ0n) is 15.2. The van der Waals surface area contributed by atoms with Crippen LogP contribution in [0.5, 0.6) is 0 Å². The third-order valence-electron chi connectivity index (χ3n) is 4.59. The van der Waals surface area contributed by atoms with Gasteiger partial charge in [-0.15, -0.1) is 0 Å². The molecule has 5 nitrogen and oxygen atoms in total. The summed E-state index contributed by atoms with van der Waals surface area (Å²) < 4.78 is 0. The summed E-state index contributed by atoms with van der Waals surface area (Å²) >= 11 is 0. The number of nitrogens with zero attached hydrogens (tertiary/aromatic N) is 1. The number of rotatable bonds is 5. The first-order valence-corrected chi connectivity index (χ1v) is 8.61. The summed E-state index contributed by atoms with van der Waals surface area (Å²) in [4.78, 5) is 18.3. The third kappa shape index (κ3) is 3.39. The van der Waals surface area contributed by atoms with Crippen LogP contribution in [-0.2, 0) is 10.4 Å². The van der Waals surface area contributed by atoms with Crippen LogP contribution in [0.4, 0.5) is 5.69 Å². The van der Waals surface area contributed by atoms with E-state index in [0.717, 1.165) is 22.4 Å². The highest BCUT2D eigenvalue weighted by atomic mass is 16.3. The van der Waals surface area contributed by atoms with Crippen molar-refractivity contribution < 1.29 is 9.90 Å². The zero-order valence-corrected chi connectivity index (χ0v) is 15.2. The molecule has 0 saturated heterocycles. The average molecular weight is 349 g/mol. The van der Waals surface area contributed by atoms with Crippen LogP contribution in [0.3, 0.4) is 0 Å². The number of hydrogen-bond acceptors (Lipinski definition) is 3. The molecule has 0 aliphatic carbocycles. The van der Waals surface area contributed by atoms with E-state index in [1.165, 1.54) is 6.92 Å². The fourth-order valence-corrected chi connectivity index (χ4v) is 3.16. The van der Waals surface area contributed by atoms with Gasteiger partial charge in [-0.3, -0.25) is 4.79 Å². The number of anilines is 1. The number of nitrogens with one attached hydrogen (secondary N) is 2. The Morgan fingerprint density at radius 3 is 2.46 bits per heavy atom.